The zero-order chi connectivity index (χ0) is 20.3. The fraction of sp³-hybridized carbons (Fsp3) is 0.0952. The lowest BCUT2D eigenvalue weighted by Crippen LogP contribution is -2.32. The Kier molecular flexibility index (Phi) is 5.70. The maximum atomic E-state index is 13.4. The number of alkyl halides is 3. The van der Waals surface area contributed by atoms with Crippen molar-refractivity contribution in [3.63, 3.8) is 0 Å². The predicted molar refractivity (Wildman–Crippen MR) is 99.8 cm³/mol. The third kappa shape index (κ3) is 4.34. The monoisotopic (exact) mass is 407 g/mol. The molecule has 0 aliphatic heterocycles. The Bertz CT molecular complexity index is 989. The molecule has 3 aromatic rings. The van der Waals surface area contributed by atoms with Gasteiger partial charge in [0.2, 0.25) is 0 Å². The summed E-state index contributed by atoms with van der Waals surface area (Å²) in [4.78, 5) is 14.3. The molecule has 0 N–H and O–H groups in total. The molecule has 0 saturated carbocycles. The highest BCUT2D eigenvalue weighted by Crippen LogP contribution is 2.33. The van der Waals surface area contributed by atoms with Crippen LogP contribution in [0.25, 0.3) is 0 Å². The minimum Gasteiger partial charge on any atom is -0.304 e. The number of anilines is 1. The summed E-state index contributed by atoms with van der Waals surface area (Å²) >= 11 is 6.06. The minimum atomic E-state index is -4.68. The van der Waals surface area contributed by atoms with E-state index in [-0.39, 0.29) is 11.6 Å². The van der Waals surface area contributed by atoms with Crippen molar-refractivity contribution in [2.45, 2.75) is 12.7 Å². The molecule has 0 aliphatic rings. The van der Waals surface area contributed by atoms with Crippen LogP contribution < -0.4 is 4.90 Å². The van der Waals surface area contributed by atoms with Crippen LogP contribution in [0.15, 0.2) is 72.8 Å². The normalized spacial score (nSPS) is 11.3. The highest BCUT2D eigenvalue weighted by Gasteiger charge is 2.36. The maximum absolute atomic E-state index is 13.4. The molecule has 7 heteroatoms. The van der Waals surface area contributed by atoms with E-state index in [2.05, 4.69) is 0 Å². The van der Waals surface area contributed by atoms with E-state index in [0.717, 1.165) is 18.2 Å². The van der Waals surface area contributed by atoms with Gasteiger partial charge in [-0.15, -0.1) is 0 Å². The van der Waals surface area contributed by atoms with Crippen LogP contribution in [0.4, 0.5) is 23.2 Å². The molecule has 0 fully saturated rings. The van der Waals surface area contributed by atoms with Crippen LogP contribution in [-0.2, 0) is 12.7 Å². The number of nitrogens with zero attached hydrogens (tertiary/aromatic N) is 1. The molecule has 28 heavy (non-hydrogen) atoms. The quantitative estimate of drug-likeness (QED) is 0.462. The Labute approximate surface area is 164 Å². The average molecular weight is 408 g/mol. The maximum Gasteiger partial charge on any atom is 0.417 e. The SMILES string of the molecule is O=C(c1ccccc1C(F)(F)F)N(Cc1ccc(F)cc1Cl)c1ccccc1. The molecular formula is C21H14ClF4NO. The number of halogens is 5. The van der Waals surface area contributed by atoms with E-state index in [1.807, 2.05) is 0 Å². The van der Waals surface area contributed by atoms with Gasteiger partial charge < -0.3 is 4.90 Å². The molecule has 0 aromatic heterocycles. The number of hydrogen-bond donors (Lipinski definition) is 0. The predicted octanol–water partition coefficient (Wildman–Crippen LogP) is 6.34. The van der Waals surface area contributed by atoms with Crippen molar-refractivity contribution in [1.82, 2.24) is 0 Å². The van der Waals surface area contributed by atoms with Gasteiger partial charge in [-0.05, 0) is 42.0 Å². The highest BCUT2D eigenvalue weighted by atomic mass is 35.5. The number of hydrogen-bond acceptors (Lipinski definition) is 1. The summed E-state index contributed by atoms with van der Waals surface area (Å²) in [6.07, 6.45) is -4.68. The molecule has 0 heterocycles. The van der Waals surface area contributed by atoms with Crippen molar-refractivity contribution < 1.29 is 22.4 Å². The van der Waals surface area contributed by atoms with E-state index in [4.69, 9.17) is 11.6 Å². The first-order valence-corrected chi connectivity index (χ1v) is 8.62. The minimum absolute atomic E-state index is 0.0813. The smallest absolute Gasteiger partial charge is 0.304 e. The van der Waals surface area contributed by atoms with Gasteiger partial charge in [0.15, 0.2) is 0 Å². The van der Waals surface area contributed by atoms with E-state index < -0.39 is 29.0 Å². The molecule has 3 rings (SSSR count). The molecule has 0 bridgehead atoms. The second kappa shape index (κ2) is 8.02. The lowest BCUT2D eigenvalue weighted by Gasteiger charge is -2.25. The molecule has 0 spiro atoms. The number of carbonyl (C=O) groups is 1. The van der Waals surface area contributed by atoms with Crippen molar-refractivity contribution in [2.24, 2.45) is 0 Å². The van der Waals surface area contributed by atoms with Crippen LogP contribution >= 0.6 is 11.6 Å². The summed E-state index contributed by atoms with van der Waals surface area (Å²) in [5.74, 6) is -1.38. The fourth-order valence-electron chi connectivity index (χ4n) is 2.77. The van der Waals surface area contributed by atoms with Gasteiger partial charge in [0.1, 0.15) is 5.82 Å². The third-order valence-corrected chi connectivity index (χ3v) is 4.47. The Balaban J connectivity index is 2.07. The molecular weight excluding hydrogens is 394 g/mol. The van der Waals surface area contributed by atoms with E-state index >= 15 is 0 Å². The van der Waals surface area contributed by atoms with Gasteiger partial charge in [-0.1, -0.05) is 48.0 Å². The Morgan fingerprint density at radius 1 is 0.929 bits per heavy atom. The molecule has 0 atom stereocenters. The first-order valence-electron chi connectivity index (χ1n) is 8.24. The van der Waals surface area contributed by atoms with E-state index in [1.54, 1.807) is 30.3 Å². The number of rotatable bonds is 4. The summed E-state index contributed by atoms with van der Waals surface area (Å²) in [6.45, 7) is -0.117. The van der Waals surface area contributed by atoms with Crippen LogP contribution in [0.3, 0.4) is 0 Å². The molecule has 0 saturated heterocycles. The van der Waals surface area contributed by atoms with Gasteiger partial charge in [0, 0.05) is 10.7 Å². The molecule has 0 radical (unpaired) electrons. The topological polar surface area (TPSA) is 20.3 Å². The number of amides is 1. The fourth-order valence-corrected chi connectivity index (χ4v) is 3.00. The third-order valence-electron chi connectivity index (χ3n) is 4.12. The van der Waals surface area contributed by atoms with Crippen LogP contribution in [0, 0.1) is 5.82 Å². The highest BCUT2D eigenvalue weighted by molar-refractivity contribution is 6.31. The molecule has 144 valence electrons. The molecule has 0 unspecified atom stereocenters. The average Bonchev–Trinajstić information content (AvgIpc) is 2.67. The van der Waals surface area contributed by atoms with Crippen LogP contribution in [0.1, 0.15) is 21.5 Å². The molecule has 0 aliphatic carbocycles. The van der Waals surface area contributed by atoms with Crippen molar-refractivity contribution in [1.29, 1.82) is 0 Å². The van der Waals surface area contributed by atoms with Crippen molar-refractivity contribution >= 4 is 23.2 Å². The van der Waals surface area contributed by atoms with Gasteiger partial charge in [-0.2, -0.15) is 13.2 Å². The van der Waals surface area contributed by atoms with Crippen LogP contribution in [0.5, 0.6) is 0 Å². The van der Waals surface area contributed by atoms with Crippen molar-refractivity contribution in [2.75, 3.05) is 4.90 Å². The van der Waals surface area contributed by atoms with Crippen LogP contribution in [-0.4, -0.2) is 5.91 Å². The largest absolute Gasteiger partial charge is 0.417 e. The molecule has 2 nitrogen and oxygen atoms in total. The van der Waals surface area contributed by atoms with Gasteiger partial charge in [0.05, 0.1) is 17.7 Å². The summed E-state index contributed by atoms with van der Waals surface area (Å²) in [7, 11) is 0. The van der Waals surface area contributed by atoms with Crippen molar-refractivity contribution in [3.8, 4) is 0 Å². The lowest BCUT2D eigenvalue weighted by atomic mass is 10.0. The Hall–Kier alpha value is -2.86. The van der Waals surface area contributed by atoms with Crippen molar-refractivity contribution in [3.05, 3.63) is 100 Å². The van der Waals surface area contributed by atoms with Gasteiger partial charge in [-0.25, -0.2) is 4.39 Å². The summed E-state index contributed by atoms with van der Waals surface area (Å²) in [5.41, 5.74) is -0.696. The molecule has 3 aromatic carbocycles. The van der Waals surface area contributed by atoms with Gasteiger partial charge >= 0.3 is 6.18 Å². The van der Waals surface area contributed by atoms with E-state index in [1.165, 1.54) is 29.2 Å². The Morgan fingerprint density at radius 3 is 2.21 bits per heavy atom. The van der Waals surface area contributed by atoms with E-state index in [9.17, 15) is 22.4 Å². The molecule has 1 amide bonds. The standard InChI is InChI=1S/C21H14ClF4NO/c22-19-12-15(23)11-10-14(19)13-27(16-6-2-1-3-7-16)20(28)17-8-4-5-9-18(17)21(24,25)26/h1-12H,13H2. The van der Waals surface area contributed by atoms with Crippen LogP contribution in [0.2, 0.25) is 5.02 Å². The zero-order valence-corrected chi connectivity index (χ0v) is 15.1. The first-order chi connectivity index (χ1) is 13.3. The number of benzene rings is 3. The summed E-state index contributed by atoms with van der Waals surface area (Å²) < 4.78 is 53.5. The lowest BCUT2D eigenvalue weighted by molar-refractivity contribution is -0.137. The summed E-state index contributed by atoms with van der Waals surface area (Å²) in [6, 6.07) is 16.5. The van der Waals surface area contributed by atoms with Gasteiger partial charge in [-0.3, -0.25) is 4.79 Å². The van der Waals surface area contributed by atoms with E-state index in [0.29, 0.717) is 11.3 Å². The summed E-state index contributed by atoms with van der Waals surface area (Å²) in [5, 5.41) is 0.0813. The number of carbonyl (C=O) groups excluding carboxylic acids is 1. The second-order valence-corrected chi connectivity index (χ2v) is 6.41. The number of para-hydroxylation sites is 1. The van der Waals surface area contributed by atoms with Gasteiger partial charge in [0.25, 0.3) is 5.91 Å². The Morgan fingerprint density at radius 2 is 1.57 bits per heavy atom. The zero-order valence-electron chi connectivity index (χ0n) is 14.4. The first kappa shape index (κ1) is 19.9. The second-order valence-electron chi connectivity index (χ2n) is 6.01.